The zero-order chi connectivity index (χ0) is 10.8. The first-order chi connectivity index (χ1) is 7.16. The van der Waals surface area contributed by atoms with Crippen molar-refractivity contribution >= 4 is 0 Å². The van der Waals surface area contributed by atoms with Crippen molar-refractivity contribution in [1.29, 1.82) is 0 Å². The van der Waals surface area contributed by atoms with Crippen LogP contribution in [0.3, 0.4) is 0 Å². The van der Waals surface area contributed by atoms with E-state index in [0.29, 0.717) is 5.92 Å². The van der Waals surface area contributed by atoms with Crippen molar-refractivity contribution in [2.24, 2.45) is 18.7 Å². The molecule has 1 aromatic heterocycles. The van der Waals surface area contributed by atoms with Crippen LogP contribution in [0, 0.1) is 5.92 Å². The van der Waals surface area contributed by atoms with E-state index in [9.17, 15) is 0 Å². The molecular formula is C11H19N3O. The van der Waals surface area contributed by atoms with Crippen molar-refractivity contribution in [2.75, 3.05) is 6.61 Å². The molecule has 2 heterocycles. The number of hydrogen-bond acceptors (Lipinski definition) is 3. The second-order valence-corrected chi connectivity index (χ2v) is 4.49. The highest BCUT2D eigenvalue weighted by atomic mass is 16.5. The minimum atomic E-state index is 0.0895. The number of ether oxygens (including phenoxy) is 1. The number of aryl methyl sites for hydroxylation is 1. The van der Waals surface area contributed by atoms with Crippen molar-refractivity contribution in [3.05, 3.63) is 18.0 Å². The first-order valence-corrected chi connectivity index (χ1v) is 5.51. The van der Waals surface area contributed by atoms with Crippen LogP contribution in [0.4, 0.5) is 0 Å². The van der Waals surface area contributed by atoms with Gasteiger partial charge in [0.05, 0.1) is 12.3 Å². The van der Waals surface area contributed by atoms with E-state index in [-0.39, 0.29) is 12.1 Å². The summed E-state index contributed by atoms with van der Waals surface area (Å²) in [6.45, 7) is 3.06. The molecule has 1 aliphatic heterocycles. The molecule has 1 aromatic rings. The summed E-state index contributed by atoms with van der Waals surface area (Å²) in [6, 6.07) is 0.0895. The highest BCUT2D eigenvalue weighted by Gasteiger charge is 2.29. The van der Waals surface area contributed by atoms with Crippen LogP contribution in [0.1, 0.15) is 18.9 Å². The molecule has 0 aromatic carbocycles. The van der Waals surface area contributed by atoms with Gasteiger partial charge in [-0.1, -0.05) is 6.92 Å². The number of hydrogen-bond donors (Lipinski definition) is 1. The second-order valence-electron chi connectivity index (χ2n) is 4.49. The van der Waals surface area contributed by atoms with Gasteiger partial charge < -0.3 is 10.5 Å². The Bertz CT molecular complexity index is 323. The summed E-state index contributed by atoms with van der Waals surface area (Å²) in [5.74, 6) is 0.580. The molecule has 3 atom stereocenters. The summed E-state index contributed by atoms with van der Waals surface area (Å²) in [4.78, 5) is 0. The Kier molecular flexibility index (Phi) is 3.07. The summed E-state index contributed by atoms with van der Waals surface area (Å²) < 4.78 is 7.46. The molecule has 0 radical (unpaired) electrons. The normalized spacial score (nSPS) is 28.2. The maximum Gasteiger partial charge on any atom is 0.0755 e. The summed E-state index contributed by atoms with van der Waals surface area (Å²) in [5.41, 5.74) is 7.34. The van der Waals surface area contributed by atoms with E-state index in [4.69, 9.17) is 10.5 Å². The maximum absolute atomic E-state index is 6.15. The van der Waals surface area contributed by atoms with E-state index in [2.05, 4.69) is 12.0 Å². The van der Waals surface area contributed by atoms with Gasteiger partial charge in [0.1, 0.15) is 0 Å². The van der Waals surface area contributed by atoms with Crippen molar-refractivity contribution in [3.63, 3.8) is 0 Å². The van der Waals surface area contributed by atoms with Crippen LogP contribution in [-0.4, -0.2) is 28.5 Å². The highest BCUT2D eigenvalue weighted by molar-refractivity contribution is 5.07. The molecule has 4 heteroatoms. The molecule has 0 amide bonds. The van der Waals surface area contributed by atoms with Crippen molar-refractivity contribution in [2.45, 2.75) is 31.9 Å². The van der Waals surface area contributed by atoms with Crippen LogP contribution in [0.5, 0.6) is 0 Å². The topological polar surface area (TPSA) is 53.1 Å². The van der Waals surface area contributed by atoms with Gasteiger partial charge in [0.25, 0.3) is 0 Å². The standard InChI is InChI=1S/C11H19N3O/c1-8-3-4-15-11(8)10(12)5-9-6-13-14(2)7-9/h6-8,10-11H,3-5,12H2,1-2H3. The molecule has 15 heavy (non-hydrogen) atoms. The molecular weight excluding hydrogens is 190 g/mol. The van der Waals surface area contributed by atoms with Crippen molar-refractivity contribution in [3.8, 4) is 0 Å². The Labute approximate surface area is 90.4 Å². The number of rotatable bonds is 3. The van der Waals surface area contributed by atoms with Crippen LogP contribution in [0.15, 0.2) is 12.4 Å². The average molecular weight is 209 g/mol. The molecule has 84 valence electrons. The van der Waals surface area contributed by atoms with Crippen LogP contribution < -0.4 is 5.73 Å². The number of aromatic nitrogens is 2. The third-order valence-corrected chi connectivity index (χ3v) is 3.10. The smallest absolute Gasteiger partial charge is 0.0755 e. The van der Waals surface area contributed by atoms with Gasteiger partial charge in [0.15, 0.2) is 0 Å². The molecule has 0 bridgehead atoms. The molecule has 1 fully saturated rings. The Morgan fingerprint density at radius 2 is 2.53 bits per heavy atom. The summed E-state index contributed by atoms with van der Waals surface area (Å²) in [6.07, 6.45) is 6.08. The highest BCUT2D eigenvalue weighted by Crippen LogP contribution is 2.23. The van der Waals surface area contributed by atoms with Crippen molar-refractivity contribution in [1.82, 2.24) is 9.78 Å². The predicted molar refractivity (Wildman–Crippen MR) is 58.4 cm³/mol. The monoisotopic (exact) mass is 209 g/mol. The van der Waals surface area contributed by atoms with Gasteiger partial charge in [-0.25, -0.2) is 0 Å². The summed E-state index contributed by atoms with van der Waals surface area (Å²) in [7, 11) is 1.92. The van der Waals surface area contributed by atoms with Gasteiger partial charge >= 0.3 is 0 Å². The minimum Gasteiger partial charge on any atom is -0.376 e. The van der Waals surface area contributed by atoms with Crippen molar-refractivity contribution < 1.29 is 4.74 Å². The lowest BCUT2D eigenvalue weighted by atomic mass is 9.94. The average Bonchev–Trinajstić information content (AvgIpc) is 2.75. The third-order valence-electron chi connectivity index (χ3n) is 3.10. The lowest BCUT2D eigenvalue weighted by Crippen LogP contribution is -2.39. The molecule has 2 rings (SSSR count). The molecule has 4 nitrogen and oxygen atoms in total. The quantitative estimate of drug-likeness (QED) is 0.798. The van der Waals surface area contributed by atoms with Gasteiger partial charge in [-0.05, 0) is 24.3 Å². The van der Waals surface area contributed by atoms with E-state index in [0.717, 1.165) is 19.4 Å². The Balaban J connectivity index is 1.94. The third kappa shape index (κ3) is 2.38. The SMILES string of the molecule is CC1CCOC1C(N)Cc1cnn(C)c1. The maximum atomic E-state index is 6.15. The molecule has 0 spiro atoms. The Morgan fingerprint density at radius 1 is 1.73 bits per heavy atom. The fraction of sp³-hybridized carbons (Fsp3) is 0.727. The van der Waals surface area contributed by atoms with Gasteiger partial charge in [-0.15, -0.1) is 0 Å². The molecule has 2 N–H and O–H groups in total. The van der Waals surface area contributed by atoms with E-state index < -0.39 is 0 Å². The van der Waals surface area contributed by atoms with Crippen LogP contribution in [0.2, 0.25) is 0 Å². The van der Waals surface area contributed by atoms with Gasteiger partial charge in [0.2, 0.25) is 0 Å². The summed E-state index contributed by atoms with van der Waals surface area (Å²) >= 11 is 0. The molecule has 1 aliphatic rings. The lowest BCUT2D eigenvalue weighted by Gasteiger charge is -2.21. The van der Waals surface area contributed by atoms with Crippen LogP contribution in [0.25, 0.3) is 0 Å². The number of nitrogens with zero attached hydrogens (tertiary/aromatic N) is 2. The first kappa shape index (κ1) is 10.6. The van der Waals surface area contributed by atoms with E-state index in [1.807, 2.05) is 19.4 Å². The first-order valence-electron chi connectivity index (χ1n) is 5.51. The van der Waals surface area contributed by atoms with Gasteiger partial charge in [-0.3, -0.25) is 4.68 Å². The molecule has 1 saturated heterocycles. The Morgan fingerprint density at radius 3 is 3.07 bits per heavy atom. The van der Waals surface area contributed by atoms with E-state index in [1.54, 1.807) is 4.68 Å². The van der Waals surface area contributed by atoms with Gasteiger partial charge in [-0.2, -0.15) is 5.10 Å². The lowest BCUT2D eigenvalue weighted by molar-refractivity contribution is 0.0726. The largest absolute Gasteiger partial charge is 0.376 e. The zero-order valence-corrected chi connectivity index (χ0v) is 9.39. The Hall–Kier alpha value is -0.870. The molecule has 0 saturated carbocycles. The predicted octanol–water partition coefficient (Wildman–Crippen LogP) is 0.715. The van der Waals surface area contributed by atoms with E-state index >= 15 is 0 Å². The molecule has 0 aliphatic carbocycles. The van der Waals surface area contributed by atoms with E-state index in [1.165, 1.54) is 5.56 Å². The number of nitrogens with two attached hydrogens (primary N) is 1. The fourth-order valence-electron chi connectivity index (χ4n) is 2.23. The van der Waals surface area contributed by atoms with Crippen LogP contribution >= 0.6 is 0 Å². The minimum absolute atomic E-state index is 0.0895. The zero-order valence-electron chi connectivity index (χ0n) is 9.39. The van der Waals surface area contributed by atoms with Gasteiger partial charge in [0, 0.05) is 25.9 Å². The van der Waals surface area contributed by atoms with Crippen LogP contribution in [-0.2, 0) is 18.2 Å². The fourth-order valence-corrected chi connectivity index (χ4v) is 2.23. The second kappa shape index (κ2) is 4.33. The summed E-state index contributed by atoms with van der Waals surface area (Å²) in [5, 5.41) is 4.14. The molecule has 3 unspecified atom stereocenters.